The van der Waals surface area contributed by atoms with Gasteiger partial charge in [0, 0.05) is 0 Å². The van der Waals surface area contributed by atoms with Crippen molar-refractivity contribution in [2.45, 2.75) is 32.1 Å². The highest BCUT2D eigenvalue weighted by atomic mass is 14.3. The molecule has 2 rings (SSSR count). The molecule has 1 aliphatic carbocycles. The van der Waals surface area contributed by atoms with E-state index in [-0.39, 0.29) is 0 Å². The van der Waals surface area contributed by atoms with Gasteiger partial charge in [0.25, 0.3) is 0 Å². The number of benzene rings is 1. The minimum absolute atomic E-state index is 0.884. The number of hydrogen-bond acceptors (Lipinski definition) is 0. The Morgan fingerprint density at radius 3 is 2.92 bits per heavy atom. The first-order valence-electron chi connectivity index (χ1n) is 4.83. The minimum atomic E-state index is 0.884. The molecule has 1 saturated carbocycles. The maximum atomic E-state index is 2.33. The van der Waals surface area contributed by atoms with Crippen LogP contribution in [0.5, 0.6) is 0 Å². The zero-order valence-electron chi connectivity index (χ0n) is 7.59. The monoisotopic (exact) mass is 159 g/mol. The fraction of sp³-hybridized carbons (Fsp3) is 0.417. The lowest BCUT2D eigenvalue weighted by atomic mass is 10.0. The van der Waals surface area contributed by atoms with Crippen molar-refractivity contribution in [3.63, 3.8) is 0 Å². The van der Waals surface area contributed by atoms with Crippen LogP contribution in [0.4, 0.5) is 0 Å². The Kier molecular flexibility index (Phi) is 2.16. The summed E-state index contributed by atoms with van der Waals surface area (Å²) in [4.78, 5) is 0. The standard InChI is InChI=1S/C12H15/c1-2-4-10-5-3-6-12(9-10)11-7-8-11/h3-6,9,11H,2,7-8H2,1H3. The molecule has 0 unspecified atom stereocenters. The molecule has 1 aromatic rings. The van der Waals surface area contributed by atoms with E-state index < -0.39 is 0 Å². The summed E-state index contributed by atoms with van der Waals surface area (Å²) in [7, 11) is 0. The van der Waals surface area contributed by atoms with Crippen LogP contribution in [0.25, 0.3) is 0 Å². The van der Waals surface area contributed by atoms with Crippen LogP contribution >= 0.6 is 0 Å². The summed E-state index contributed by atoms with van der Waals surface area (Å²) in [5.74, 6) is 0.884. The van der Waals surface area contributed by atoms with Gasteiger partial charge in [-0.1, -0.05) is 31.2 Å². The van der Waals surface area contributed by atoms with Gasteiger partial charge in [0.1, 0.15) is 0 Å². The van der Waals surface area contributed by atoms with Gasteiger partial charge in [-0.15, -0.1) is 0 Å². The van der Waals surface area contributed by atoms with Crippen LogP contribution in [0.2, 0.25) is 0 Å². The topological polar surface area (TPSA) is 0 Å². The Morgan fingerprint density at radius 1 is 1.42 bits per heavy atom. The SMILES string of the molecule is CC[CH]c1cccc(C2CC2)c1. The van der Waals surface area contributed by atoms with Crippen molar-refractivity contribution in [1.82, 2.24) is 0 Å². The second-order valence-corrected chi connectivity index (χ2v) is 3.56. The van der Waals surface area contributed by atoms with Crippen LogP contribution in [-0.2, 0) is 0 Å². The van der Waals surface area contributed by atoms with E-state index in [4.69, 9.17) is 0 Å². The fourth-order valence-electron chi connectivity index (χ4n) is 1.59. The van der Waals surface area contributed by atoms with Gasteiger partial charge in [0.2, 0.25) is 0 Å². The van der Waals surface area contributed by atoms with Gasteiger partial charge in [-0.2, -0.15) is 0 Å². The first-order valence-corrected chi connectivity index (χ1v) is 4.83. The Morgan fingerprint density at radius 2 is 2.25 bits per heavy atom. The van der Waals surface area contributed by atoms with Crippen molar-refractivity contribution in [3.8, 4) is 0 Å². The van der Waals surface area contributed by atoms with E-state index in [1.807, 2.05) is 0 Å². The predicted octanol–water partition coefficient (Wildman–Crippen LogP) is 3.53. The van der Waals surface area contributed by atoms with E-state index in [9.17, 15) is 0 Å². The molecule has 0 nitrogen and oxygen atoms in total. The highest BCUT2D eigenvalue weighted by molar-refractivity contribution is 5.32. The summed E-state index contributed by atoms with van der Waals surface area (Å²) in [6.45, 7) is 2.18. The van der Waals surface area contributed by atoms with Gasteiger partial charge in [-0.3, -0.25) is 0 Å². The molecule has 1 radical (unpaired) electrons. The molecule has 0 amide bonds. The third-order valence-electron chi connectivity index (χ3n) is 2.40. The maximum absolute atomic E-state index is 2.33. The van der Waals surface area contributed by atoms with Crippen molar-refractivity contribution >= 4 is 0 Å². The van der Waals surface area contributed by atoms with Crippen LogP contribution < -0.4 is 0 Å². The first-order chi connectivity index (χ1) is 5.90. The summed E-state index contributed by atoms with van der Waals surface area (Å²) in [6.07, 6.45) is 6.21. The summed E-state index contributed by atoms with van der Waals surface area (Å²) >= 11 is 0. The van der Waals surface area contributed by atoms with E-state index in [1.165, 1.54) is 24.0 Å². The lowest BCUT2D eigenvalue weighted by molar-refractivity contribution is 1.09. The minimum Gasteiger partial charge on any atom is -0.0648 e. The molecule has 0 bridgehead atoms. The third kappa shape index (κ3) is 1.69. The first kappa shape index (κ1) is 7.85. The molecule has 0 heterocycles. The van der Waals surface area contributed by atoms with Crippen LogP contribution in [0.3, 0.4) is 0 Å². The van der Waals surface area contributed by atoms with Gasteiger partial charge >= 0.3 is 0 Å². The molecule has 0 spiro atoms. The molecule has 1 aromatic carbocycles. The van der Waals surface area contributed by atoms with Crippen LogP contribution in [0, 0.1) is 6.42 Å². The van der Waals surface area contributed by atoms with E-state index in [1.54, 1.807) is 0 Å². The molecule has 0 heteroatoms. The second kappa shape index (κ2) is 3.30. The lowest BCUT2D eigenvalue weighted by Gasteiger charge is -2.01. The van der Waals surface area contributed by atoms with Gasteiger partial charge in [-0.25, -0.2) is 0 Å². The summed E-state index contributed by atoms with van der Waals surface area (Å²) in [5, 5.41) is 0. The van der Waals surface area contributed by atoms with E-state index in [0.717, 1.165) is 12.3 Å². The Labute approximate surface area is 74.6 Å². The largest absolute Gasteiger partial charge is 0.0648 e. The quantitative estimate of drug-likeness (QED) is 0.633. The predicted molar refractivity (Wildman–Crippen MR) is 52.1 cm³/mol. The average molecular weight is 159 g/mol. The lowest BCUT2D eigenvalue weighted by Crippen LogP contribution is -1.83. The molecule has 63 valence electrons. The van der Waals surface area contributed by atoms with Crippen LogP contribution in [-0.4, -0.2) is 0 Å². The molecule has 1 fully saturated rings. The van der Waals surface area contributed by atoms with Gasteiger partial charge in [0.15, 0.2) is 0 Å². The van der Waals surface area contributed by atoms with Crippen molar-refractivity contribution in [2.75, 3.05) is 0 Å². The molecule has 0 saturated heterocycles. The molecule has 1 aliphatic rings. The number of rotatable bonds is 3. The number of hydrogen-bond donors (Lipinski definition) is 0. The second-order valence-electron chi connectivity index (χ2n) is 3.56. The molecule has 12 heavy (non-hydrogen) atoms. The average Bonchev–Trinajstić information content (AvgIpc) is 2.88. The van der Waals surface area contributed by atoms with Crippen molar-refractivity contribution < 1.29 is 0 Å². The van der Waals surface area contributed by atoms with Crippen molar-refractivity contribution in [3.05, 3.63) is 41.8 Å². The van der Waals surface area contributed by atoms with Gasteiger partial charge in [0.05, 0.1) is 0 Å². The molecular weight excluding hydrogens is 144 g/mol. The van der Waals surface area contributed by atoms with E-state index >= 15 is 0 Å². The molecule has 0 atom stereocenters. The molecule has 0 aliphatic heterocycles. The van der Waals surface area contributed by atoms with E-state index in [0.29, 0.717) is 0 Å². The maximum Gasteiger partial charge on any atom is -0.00957 e. The molecular formula is C12H15. The smallest absolute Gasteiger partial charge is 0.00957 e. The third-order valence-corrected chi connectivity index (χ3v) is 2.40. The summed E-state index contributed by atoms with van der Waals surface area (Å²) < 4.78 is 0. The van der Waals surface area contributed by atoms with Crippen LogP contribution in [0.15, 0.2) is 24.3 Å². The van der Waals surface area contributed by atoms with Gasteiger partial charge in [-0.05, 0) is 42.7 Å². The van der Waals surface area contributed by atoms with E-state index in [2.05, 4.69) is 37.6 Å². The van der Waals surface area contributed by atoms with Gasteiger partial charge < -0.3 is 0 Å². The summed E-state index contributed by atoms with van der Waals surface area (Å²) in [6, 6.07) is 8.95. The Hall–Kier alpha value is -0.780. The summed E-state index contributed by atoms with van der Waals surface area (Å²) in [5.41, 5.74) is 2.93. The normalized spacial score (nSPS) is 16.4. The van der Waals surface area contributed by atoms with Crippen molar-refractivity contribution in [2.24, 2.45) is 0 Å². The van der Waals surface area contributed by atoms with Crippen LogP contribution in [0.1, 0.15) is 43.2 Å². The molecule has 0 N–H and O–H groups in total. The highest BCUT2D eigenvalue weighted by Gasteiger charge is 2.23. The fourth-order valence-corrected chi connectivity index (χ4v) is 1.59. The highest BCUT2D eigenvalue weighted by Crippen LogP contribution is 2.40. The Balaban J connectivity index is 2.15. The zero-order valence-corrected chi connectivity index (χ0v) is 7.59. The van der Waals surface area contributed by atoms with Crippen molar-refractivity contribution in [1.29, 1.82) is 0 Å². The zero-order chi connectivity index (χ0) is 8.39. The Bertz CT molecular complexity index is 258. The molecule has 0 aromatic heterocycles.